The molecule has 1 aliphatic heterocycles. The molecule has 0 amide bonds. The smallest absolute Gasteiger partial charge is 0.129 e. The minimum atomic E-state index is 0.621. The van der Waals surface area contributed by atoms with E-state index < -0.39 is 0 Å². The zero-order chi connectivity index (χ0) is 13.8. The lowest BCUT2D eigenvalue weighted by Crippen LogP contribution is -2.43. The second-order valence-corrected chi connectivity index (χ2v) is 4.68. The summed E-state index contributed by atoms with van der Waals surface area (Å²) >= 11 is 0. The molecule has 5 heteroatoms. The van der Waals surface area contributed by atoms with E-state index in [1.807, 2.05) is 12.1 Å². The number of piperazine rings is 1. The van der Waals surface area contributed by atoms with E-state index in [1.54, 1.807) is 24.5 Å². The average Bonchev–Trinajstić information content (AvgIpc) is 2.56. The Morgan fingerprint density at radius 2 is 1.90 bits per heavy atom. The van der Waals surface area contributed by atoms with Gasteiger partial charge in [0.25, 0.3) is 0 Å². The summed E-state index contributed by atoms with van der Waals surface area (Å²) in [6, 6.07) is 9.62. The lowest BCUT2D eigenvalue weighted by Gasteiger charge is -2.28. The van der Waals surface area contributed by atoms with Crippen LogP contribution in [0.2, 0.25) is 0 Å². The molecule has 0 atom stereocenters. The Kier molecular flexibility index (Phi) is 3.57. The van der Waals surface area contributed by atoms with Gasteiger partial charge in [0, 0.05) is 44.1 Å². The maximum Gasteiger partial charge on any atom is 0.129 e. The predicted octanol–water partition coefficient (Wildman–Crippen LogP) is 1.42. The molecule has 0 unspecified atom stereocenters. The monoisotopic (exact) mass is 265 g/mol. The largest absolute Gasteiger partial charge is 0.354 e. The topological polar surface area (TPSA) is 64.8 Å². The molecule has 1 N–H and O–H groups in total. The highest BCUT2D eigenvalue weighted by Gasteiger charge is 2.12. The number of nitrogens with zero attached hydrogens (tertiary/aromatic N) is 4. The van der Waals surface area contributed by atoms with Gasteiger partial charge in [-0.05, 0) is 24.3 Å². The molecule has 0 radical (unpaired) electrons. The molecule has 2 aromatic heterocycles. The minimum absolute atomic E-state index is 0.621. The highest BCUT2D eigenvalue weighted by molar-refractivity contribution is 5.64. The van der Waals surface area contributed by atoms with Gasteiger partial charge in [-0.15, -0.1) is 0 Å². The Morgan fingerprint density at radius 3 is 2.70 bits per heavy atom. The van der Waals surface area contributed by atoms with Gasteiger partial charge in [-0.2, -0.15) is 5.26 Å². The summed E-state index contributed by atoms with van der Waals surface area (Å²) in [5.74, 6) is 0.966. The first-order valence-electron chi connectivity index (χ1n) is 6.65. The summed E-state index contributed by atoms with van der Waals surface area (Å²) < 4.78 is 0. The Morgan fingerprint density at radius 1 is 1.10 bits per heavy atom. The average molecular weight is 265 g/mol. The van der Waals surface area contributed by atoms with Crippen LogP contribution in [0, 0.1) is 11.3 Å². The van der Waals surface area contributed by atoms with Crippen molar-refractivity contribution in [2.24, 2.45) is 0 Å². The van der Waals surface area contributed by atoms with Crippen LogP contribution in [0.15, 0.2) is 36.7 Å². The highest BCUT2D eigenvalue weighted by Crippen LogP contribution is 2.22. The van der Waals surface area contributed by atoms with Gasteiger partial charge in [0.1, 0.15) is 5.82 Å². The molecule has 20 heavy (non-hydrogen) atoms. The van der Waals surface area contributed by atoms with Crippen molar-refractivity contribution < 1.29 is 0 Å². The summed E-state index contributed by atoms with van der Waals surface area (Å²) in [5, 5.41) is 12.3. The maximum absolute atomic E-state index is 8.96. The second-order valence-electron chi connectivity index (χ2n) is 4.68. The molecule has 1 fully saturated rings. The number of pyridine rings is 2. The molecule has 0 spiro atoms. The molecule has 100 valence electrons. The molecule has 3 rings (SSSR count). The van der Waals surface area contributed by atoms with E-state index in [4.69, 9.17) is 5.26 Å². The van der Waals surface area contributed by atoms with Crippen LogP contribution in [0.25, 0.3) is 11.3 Å². The molecular formula is C15H15N5. The molecule has 1 saturated heterocycles. The van der Waals surface area contributed by atoms with Crippen molar-refractivity contribution in [2.45, 2.75) is 0 Å². The standard InChI is InChI=1S/C15H15N5/c16-11-12-1-3-18-14(9-12)13-2-4-19-15(10-13)20-7-5-17-6-8-20/h1-4,9-10,17H,5-8H2. The quantitative estimate of drug-likeness (QED) is 0.889. The van der Waals surface area contributed by atoms with E-state index in [0.717, 1.165) is 43.3 Å². The van der Waals surface area contributed by atoms with Crippen LogP contribution in [0.5, 0.6) is 0 Å². The van der Waals surface area contributed by atoms with Crippen LogP contribution >= 0.6 is 0 Å². The second kappa shape index (κ2) is 5.68. The first-order valence-corrected chi connectivity index (χ1v) is 6.65. The summed E-state index contributed by atoms with van der Waals surface area (Å²) in [7, 11) is 0. The lowest BCUT2D eigenvalue weighted by molar-refractivity contribution is 0.585. The first-order chi connectivity index (χ1) is 9.86. The van der Waals surface area contributed by atoms with E-state index in [0.29, 0.717) is 5.56 Å². The van der Waals surface area contributed by atoms with Crippen molar-refractivity contribution >= 4 is 5.82 Å². The van der Waals surface area contributed by atoms with Gasteiger partial charge in [0.15, 0.2) is 0 Å². The minimum Gasteiger partial charge on any atom is -0.354 e. The number of nitriles is 1. The molecule has 1 aliphatic rings. The van der Waals surface area contributed by atoms with Crippen LogP contribution in [-0.2, 0) is 0 Å². The van der Waals surface area contributed by atoms with Crippen molar-refractivity contribution in [3.63, 3.8) is 0 Å². The van der Waals surface area contributed by atoms with Gasteiger partial charge in [0.2, 0.25) is 0 Å². The van der Waals surface area contributed by atoms with E-state index in [9.17, 15) is 0 Å². The van der Waals surface area contributed by atoms with Crippen LogP contribution in [0.3, 0.4) is 0 Å². The van der Waals surface area contributed by atoms with Crippen molar-refractivity contribution in [2.75, 3.05) is 31.1 Å². The van der Waals surface area contributed by atoms with Gasteiger partial charge in [-0.25, -0.2) is 4.98 Å². The van der Waals surface area contributed by atoms with E-state index >= 15 is 0 Å². The Bertz CT molecular complexity index is 641. The van der Waals surface area contributed by atoms with Crippen LogP contribution < -0.4 is 10.2 Å². The summed E-state index contributed by atoms with van der Waals surface area (Å²) in [6.45, 7) is 3.88. The third kappa shape index (κ3) is 2.60. The number of nitrogens with one attached hydrogen (secondary N) is 1. The number of aromatic nitrogens is 2. The van der Waals surface area contributed by atoms with Gasteiger partial charge < -0.3 is 10.2 Å². The van der Waals surface area contributed by atoms with Gasteiger partial charge in [-0.3, -0.25) is 4.98 Å². The van der Waals surface area contributed by atoms with Gasteiger partial charge >= 0.3 is 0 Å². The number of hydrogen-bond donors (Lipinski definition) is 1. The molecular weight excluding hydrogens is 250 g/mol. The summed E-state index contributed by atoms with van der Waals surface area (Å²) in [5.41, 5.74) is 2.42. The SMILES string of the molecule is N#Cc1ccnc(-c2ccnc(N3CCNCC3)c2)c1. The molecule has 0 aromatic carbocycles. The van der Waals surface area contributed by atoms with E-state index in [2.05, 4.69) is 26.3 Å². The molecule has 0 aliphatic carbocycles. The molecule has 5 nitrogen and oxygen atoms in total. The predicted molar refractivity (Wildman–Crippen MR) is 77.3 cm³/mol. The normalized spacial score (nSPS) is 14.8. The number of anilines is 1. The zero-order valence-corrected chi connectivity index (χ0v) is 11.1. The lowest BCUT2D eigenvalue weighted by atomic mass is 10.1. The fraction of sp³-hybridized carbons (Fsp3) is 0.267. The molecule has 0 saturated carbocycles. The van der Waals surface area contributed by atoms with Crippen LogP contribution in [0.1, 0.15) is 5.56 Å². The summed E-state index contributed by atoms with van der Waals surface area (Å²) in [6.07, 6.45) is 3.46. The summed E-state index contributed by atoms with van der Waals surface area (Å²) in [4.78, 5) is 11.0. The molecule has 0 bridgehead atoms. The van der Waals surface area contributed by atoms with Crippen molar-refractivity contribution in [3.8, 4) is 17.3 Å². The zero-order valence-electron chi connectivity index (χ0n) is 11.1. The Hall–Kier alpha value is -2.45. The fourth-order valence-corrected chi connectivity index (χ4v) is 2.30. The number of hydrogen-bond acceptors (Lipinski definition) is 5. The third-order valence-corrected chi connectivity index (χ3v) is 3.37. The van der Waals surface area contributed by atoms with Crippen molar-refractivity contribution in [1.29, 1.82) is 5.26 Å². The third-order valence-electron chi connectivity index (χ3n) is 3.37. The molecule has 2 aromatic rings. The highest BCUT2D eigenvalue weighted by atomic mass is 15.2. The van der Waals surface area contributed by atoms with Crippen molar-refractivity contribution in [3.05, 3.63) is 42.2 Å². The van der Waals surface area contributed by atoms with Crippen LogP contribution in [0.4, 0.5) is 5.82 Å². The fourth-order valence-electron chi connectivity index (χ4n) is 2.30. The maximum atomic E-state index is 8.96. The molecule has 3 heterocycles. The van der Waals surface area contributed by atoms with E-state index in [-0.39, 0.29) is 0 Å². The first kappa shape index (κ1) is 12.6. The number of rotatable bonds is 2. The van der Waals surface area contributed by atoms with Crippen LogP contribution in [-0.4, -0.2) is 36.1 Å². The van der Waals surface area contributed by atoms with E-state index in [1.165, 1.54) is 0 Å². The van der Waals surface area contributed by atoms with Gasteiger partial charge in [0.05, 0.1) is 17.3 Å². The Balaban J connectivity index is 1.92. The Labute approximate surface area is 117 Å². The van der Waals surface area contributed by atoms with Crippen molar-refractivity contribution in [1.82, 2.24) is 15.3 Å². The van der Waals surface area contributed by atoms with Gasteiger partial charge in [-0.1, -0.05) is 0 Å².